The highest BCUT2D eigenvalue weighted by Gasteiger charge is 2.18. The number of rotatable bonds is 6. The Hall–Kier alpha value is -6.48. The van der Waals surface area contributed by atoms with Crippen LogP contribution in [0.25, 0.3) is 75.1 Å². The van der Waals surface area contributed by atoms with Gasteiger partial charge < -0.3 is 4.90 Å². The van der Waals surface area contributed by atoms with Crippen molar-refractivity contribution in [1.29, 1.82) is 0 Å². The van der Waals surface area contributed by atoms with Crippen molar-refractivity contribution < 1.29 is 0 Å². The molecule has 1 aromatic heterocycles. The summed E-state index contributed by atoms with van der Waals surface area (Å²) in [6.45, 7) is 0. The molecule has 0 N–H and O–H groups in total. The van der Waals surface area contributed by atoms with Crippen LogP contribution in [0.5, 0.6) is 0 Å². The van der Waals surface area contributed by atoms with Crippen molar-refractivity contribution in [1.82, 2.24) is 0 Å². The summed E-state index contributed by atoms with van der Waals surface area (Å²) in [6.07, 6.45) is 0. The van der Waals surface area contributed by atoms with Gasteiger partial charge in [0.2, 0.25) is 0 Å². The van der Waals surface area contributed by atoms with Gasteiger partial charge in [-0.1, -0.05) is 146 Å². The van der Waals surface area contributed by atoms with E-state index in [9.17, 15) is 0 Å². The number of hydrogen-bond donors (Lipinski definition) is 0. The zero-order valence-corrected chi connectivity index (χ0v) is 29.2. The molecule has 2 heteroatoms. The van der Waals surface area contributed by atoms with Gasteiger partial charge in [0.25, 0.3) is 0 Å². The van der Waals surface area contributed by atoms with Crippen LogP contribution < -0.4 is 4.90 Å². The van der Waals surface area contributed by atoms with Crippen LogP contribution in [0.4, 0.5) is 17.1 Å². The van der Waals surface area contributed by atoms with Gasteiger partial charge in [-0.2, -0.15) is 0 Å². The van der Waals surface area contributed by atoms with Crippen LogP contribution >= 0.6 is 11.3 Å². The first kappa shape index (κ1) is 30.4. The Morgan fingerprint density at radius 3 is 1.58 bits per heavy atom. The summed E-state index contributed by atoms with van der Waals surface area (Å²) in [5.74, 6) is 0. The minimum atomic E-state index is 1.11. The number of fused-ring (bicyclic) bond motifs is 5. The van der Waals surface area contributed by atoms with Gasteiger partial charge in [0.15, 0.2) is 0 Å². The van der Waals surface area contributed by atoms with Crippen LogP contribution in [0, 0.1) is 0 Å². The standard InChI is InChI=1S/C50H33NS/c1-3-11-34(12-4-1)36-21-23-42(24-22-36)51(44-26-28-46-48-30-39-17-9-10-18-40(39)31-49(48)52-50(46)33-44)43-25-27-45(37-14-5-2-6-15-37)47(32-43)41-20-19-35-13-7-8-16-38(35)29-41/h1-33H. The fourth-order valence-electron chi connectivity index (χ4n) is 7.61. The summed E-state index contributed by atoms with van der Waals surface area (Å²) in [4.78, 5) is 2.41. The lowest BCUT2D eigenvalue weighted by Gasteiger charge is -2.27. The molecule has 0 unspecified atom stereocenters. The molecule has 0 amide bonds. The Morgan fingerprint density at radius 2 is 0.827 bits per heavy atom. The minimum Gasteiger partial charge on any atom is -0.310 e. The largest absolute Gasteiger partial charge is 0.310 e. The summed E-state index contributed by atoms with van der Waals surface area (Å²) in [5.41, 5.74) is 10.6. The molecule has 0 aliphatic carbocycles. The van der Waals surface area contributed by atoms with Crippen LogP contribution in [-0.4, -0.2) is 0 Å². The zero-order chi connectivity index (χ0) is 34.4. The maximum Gasteiger partial charge on any atom is 0.0476 e. The van der Waals surface area contributed by atoms with Gasteiger partial charge in [-0.25, -0.2) is 0 Å². The van der Waals surface area contributed by atoms with Gasteiger partial charge in [0.1, 0.15) is 0 Å². The summed E-state index contributed by atoms with van der Waals surface area (Å²) < 4.78 is 2.60. The fourth-order valence-corrected chi connectivity index (χ4v) is 8.78. The van der Waals surface area contributed by atoms with Gasteiger partial charge in [-0.15, -0.1) is 11.3 Å². The Balaban J connectivity index is 1.17. The molecule has 0 saturated heterocycles. The van der Waals surface area contributed by atoms with Crippen molar-refractivity contribution in [3.05, 3.63) is 200 Å². The van der Waals surface area contributed by atoms with Crippen molar-refractivity contribution in [3.63, 3.8) is 0 Å². The van der Waals surface area contributed by atoms with Gasteiger partial charge in [0.05, 0.1) is 0 Å². The van der Waals surface area contributed by atoms with Crippen LogP contribution in [0.2, 0.25) is 0 Å². The number of thiophene rings is 1. The maximum absolute atomic E-state index is 2.41. The lowest BCUT2D eigenvalue weighted by atomic mass is 9.92. The smallest absolute Gasteiger partial charge is 0.0476 e. The second-order valence-electron chi connectivity index (χ2n) is 13.4. The van der Waals surface area contributed by atoms with Crippen LogP contribution in [0.15, 0.2) is 200 Å². The maximum atomic E-state index is 2.41. The minimum absolute atomic E-state index is 1.11. The Morgan fingerprint density at radius 1 is 0.288 bits per heavy atom. The molecule has 52 heavy (non-hydrogen) atoms. The summed E-state index contributed by atoms with van der Waals surface area (Å²) in [7, 11) is 0. The highest BCUT2D eigenvalue weighted by atomic mass is 32.1. The molecule has 0 bridgehead atoms. The molecule has 0 aliphatic heterocycles. The summed E-state index contributed by atoms with van der Waals surface area (Å²) in [5, 5.41) is 7.65. The van der Waals surface area contributed by atoms with E-state index in [1.165, 1.54) is 75.1 Å². The molecule has 10 rings (SSSR count). The third kappa shape index (κ3) is 5.42. The summed E-state index contributed by atoms with van der Waals surface area (Å²) in [6, 6.07) is 73.0. The SMILES string of the molecule is c1ccc(-c2ccc(N(c3ccc(-c4ccccc4)c(-c4ccc5ccccc5c4)c3)c3ccc4c(c3)sc3cc5ccccc5cc34)cc2)cc1. The third-order valence-corrected chi connectivity index (χ3v) is 11.3. The van der Waals surface area contributed by atoms with Crippen molar-refractivity contribution in [2.45, 2.75) is 0 Å². The molecule has 0 aliphatic rings. The van der Waals surface area contributed by atoms with Crippen molar-refractivity contribution in [2.75, 3.05) is 4.90 Å². The average Bonchev–Trinajstić information content (AvgIpc) is 3.57. The second kappa shape index (κ2) is 12.7. The van der Waals surface area contributed by atoms with E-state index in [4.69, 9.17) is 0 Å². The highest BCUT2D eigenvalue weighted by Crippen LogP contribution is 2.44. The molecule has 0 radical (unpaired) electrons. The first-order valence-electron chi connectivity index (χ1n) is 17.7. The van der Waals surface area contributed by atoms with E-state index < -0.39 is 0 Å². The van der Waals surface area contributed by atoms with E-state index >= 15 is 0 Å². The molecule has 1 heterocycles. The second-order valence-corrected chi connectivity index (χ2v) is 14.5. The highest BCUT2D eigenvalue weighted by molar-refractivity contribution is 7.25. The van der Waals surface area contributed by atoms with Gasteiger partial charge in [-0.3, -0.25) is 0 Å². The fraction of sp³-hybridized carbons (Fsp3) is 0. The lowest BCUT2D eigenvalue weighted by molar-refractivity contribution is 1.29. The lowest BCUT2D eigenvalue weighted by Crippen LogP contribution is -2.10. The molecule has 0 spiro atoms. The van der Waals surface area contributed by atoms with E-state index in [0.29, 0.717) is 0 Å². The Labute approximate surface area is 307 Å². The molecule has 0 fully saturated rings. The van der Waals surface area contributed by atoms with E-state index in [2.05, 4.69) is 205 Å². The van der Waals surface area contributed by atoms with Crippen molar-refractivity contribution >= 4 is 70.1 Å². The van der Waals surface area contributed by atoms with E-state index in [0.717, 1.165) is 17.1 Å². The van der Waals surface area contributed by atoms with E-state index in [1.54, 1.807) is 0 Å². The topological polar surface area (TPSA) is 3.24 Å². The molecule has 244 valence electrons. The van der Waals surface area contributed by atoms with E-state index in [1.807, 2.05) is 11.3 Å². The quantitative estimate of drug-likeness (QED) is 0.169. The normalized spacial score (nSPS) is 11.5. The average molecular weight is 680 g/mol. The zero-order valence-electron chi connectivity index (χ0n) is 28.4. The molecular formula is C50H33NS. The first-order chi connectivity index (χ1) is 25.7. The first-order valence-corrected chi connectivity index (χ1v) is 18.6. The predicted molar refractivity (Wildman–Crippen MR) is 225 cm³/mol. The van der Waals surface area contributed by atoms with Gasteiger partial charge in [-0.05, 0) is 110 Å². The molecule has 10 aromatic rings. The van der Waals surface area contributed by atoms with Crippen LogP contribution in [-0.2, 0) is 0 Å². The predicted octanol–water partition coefficient (Wildman–Crippen LogP) is 14.8. The van der Waals surface area contributed by atoms with Crippen LogP contribution in [0.3, 0.4) is 0 Å². The third-order valence-electron chi connectivity index (χ3n) is 10.2. The number of anilines is 3. The molecule has 1 nitrogen and oxygen atoms in total. The number of nitrogens with zero attached hydrogens (tertiary/aromatic N) is 1. The Kier molecular flexibility index (Phi) is 7.41. The molecule has 0 saturated carbocycles. The van der Waals surface area contributed by atoms with Crippen molar-refractivity contribution in [3.8, 4) is 33.4 Å². The van der Waals surface area contributed by atoms with Gasteiger partial charge >= 0.3 is 0 Å². The van der Waals surface area contributed by atoms with E-state index in [-0.39, 0.29) is 0 Å². The molecule has 9 aromatic carbocycles. The summed E-state index contributed by atoms with van der Waals surface area (Å²) >= 11 is 1.87. The molecular weight excluding hydrogens is 647 g/mol. The van der Waals surface area contributed by atoms with Crippen molar-refractivity contribution in [2.24, 2.45) is 0 Å². The monoisotopic (exact) mass is 679 g/mol. The number of hydrogen-bond acceptors (Lipinski definition) is 2. The van der Waals surface area contributed by atoms with Gasteiger partial charge in [0, 0.05) is 37.2 Å². The molecule has 0 atom stereocenters. The van der Waals surface area contributed by atoms with Crippen LogP contribution in [0.1, 0.15) is 0 Å². The Bertz CT molecular complexity index is 2890. The number of benzene rings is 9.